The maximum atomic E-state index is 11.8. The lowest BCUT2D eigenvalue weighted by atomic mass is 10.2. The molecule has 0 spiro atoms. The van der Waals surface area contributed by atoms with Crippen molar-refractivity contribution in [2.75, 3.05) is 13.1 Å². The average molecular weight is 425 g/mol. The van der Waals surface area contributed by atoms with Crippen molar-refractivity contribution in [2.45, 2.75) is 45.3 Å². The fraction of sp³-hybridized carbons (Fsp3) is 0.429. The summed E-state index contributed by atoms with van der Waals surface area (Å²) in [5.74, 6) is 0.940. The van der Waals surface area contributed by atoms with Crippen LogP contribution in [0.2, 0.25) is 0 Å². The van der Waals surface area contributed by atoms with Gasteiger partial charge in [-0.1, -0.05) is 23.5 Å². The van der Waals surface area contributed by atoms with E-state index in [1.165, 1.54) is 16.9 Å². The minimum Gasteiger partial charge on any atom is -0.431 e. The summed E-state index contributed by atoms with van der Waals surface area (Å²) in [5, 5.41) is 2.80. The van der Waals surface area contributed by atoms with E-state index >= 15 is 0 Å². The van der Waals surface area contributed by atoms with Crippen LogP contribution in [-0.4, -0.2) is 55.9 Å². The number of hydrazine groups is 1. The quantitative estimate of drug-likeness (QED) is 0.674. The van der Waals surface area contributed by atoms with Crippen molar-refractivity contribution in [3.63, 3.8) is 0 Å². The molecule has 1 aromatic carbocycles. The molecule has 2 aliphatic heterocycles. The van der Waals surface area contributed by atoms with Crippen molar-refractivity contribution in [1.82, 2.24) is 30.3 Å². The van der Waals surface area contributed by atoms with Gasteiger partial charge in [0.25, 0.3) is 5.19 Å². The van der Waals surface area contributed by atoms with Gasteiger partial charge in [0, 0.05) is 38.6 Å². The third kappa shape index (κ3) is 3.88. The minimum absolute atomic E-state index is 0.201. The highest BCUT2D eigenvalue weighted by atomic mass is 32.1. The molecule has 156 valence electrons. The standard InChI is InChI=1S/C21H24N6O2S/c1-13-9-22-19-20(24-13)30-21(25-19)29-18-7-3-15(4-8-18)10-23-26-11-16-5-6-17(12-26)27(16)14(2)28/h3-4,7-9,16-17,23H,5-6,10-12H2,1-2H3/t16-,17+. The summed E-state index contributed by atoms with van der Waals surface area (Å²) < 4.78 is 5.88. The lowest BCUT2D eigenvalue weighted by Crippen LogP contribution is -2.58. The molecule has 0 saturated carbocycles. The first-order valence-electron chi connectivity index (χ1n) is 10.2. The van der Waals surface area contributed by atoms with E-state index in [4.69, 9.17) is 4.74 Å². The molecule has 1 N–H and O–H groups in total. The van der Waals surface area contributed by atoms with Gasteiger partial charge >= 0.3 is 0 Å². The van der Waals surface area contributed by atoms with E-state index < -0.39 is 0 Å². The lowest BCUT2D eigenvalue weighted by molar-refractivity contribution is -0.135. The Kier molecular flexibility index (Phi) is 5.10. The van der Waals surface area contributed by atoms with Crippen LogP contribution in [0.1, 0.15) is 31.0 Å². The molecule has 9 heteroatoms. The largest absolute Gasteiger partial charge is 0.431 e. The molecule has 4 heterocycles. The maximum Gasteiger partial charge on any atom is 0.282 e. The molecular weight excluding hydrogens is 400 g/mol. The third-order valence-electron chi connectivity index (χ3n) is 5.71. The number of carbonyl (C=O) groups excluding carboxylic acids is 1. The monoisotopic (exact) mass is 424 g/mol. The van der Waals surface area contributed by atoms with Crippen molar-refractivity contribution in [3.8, 4) is 10.9 Å². The topological polar surface area (TPSA) is 83.5 Å². The number of amides is 1. The zero-order chi connectivity index (χ0) is 20.7. The van der Waals surface area contributed by atoms with E-state index in [0.717, 1.165) is 48.7 Å². The van der Waals surface area contributed by atoms with Gasteiger partial charge in [0.05, 0.1) is 11.9 Å². The van der Waals surface area contributed by atoms with E-state index in [2.05, 4.69) is 42.4 Å². The number of ether oxygens (including phenoxy) is 1. The molecule has 2 aromatic heterocycles. The Hall–Kier alpha value is -2.62. The second-order valence-corrected chi connectivity index (χ2v) is 8.86. The molecule has 1 amide bonds. The molecule has 2 bridgehead atoms. The summed E-state index contributed by atoms with van der Waals surface area (Å²) in [7, 11) is 0. The van der Waals surface area contributed by atoms with E-state index in [-0.39, 0.29) is 5.91 Å². The summed E-state index contributed by atoms with van der Waals surface area (Å²) in [6.45, 7) is 6.11. The van der Waals surface area contributed by atoms with Gasteiger partial charge in [-0.25, -0.2) is 15.0 Å². The number of piperazine rings is 1. The van der Waals surface area contributed by atoms with Crippen LogP contribution in [0.15, 0.2) is 30.5 Å². The number of benzene rings is 1. The molecular formula is C21H24N6O2S. The van der Waals surface area contributed by atoms with E-state index in [1.807, 2.05) is 19.1 Å². The van der Waals surface area contributed by atoms with Crippen LogP contribution in [-0.2, 0) is 11.3 Å². The molecule has 2 aliphatic rings. The molecule has 3 aromatic rings. The SMILES string of the molecule is CC(=O)N1[C@@H]2CC[C@H]1CN(NCc1ccc(Oc3nc4ncc(C)nc4s3)cc1)C2. The van der Waals surface area contributed by atoms with Gasteiger partial charge < -0.3 is 9.64 Å². The van der Waals surface area contributed by atoms with Crippen LogP contribution in [0.4, 0.5) is 0 Å². The molecule has 0 unspecified atom stereocenters. The summed E-state index contributed by atoms with van der Waals surface area (Å²) in [6, 6.07) is 8.68. The summed E-state index contributed by atoms with van der Waals surface area (Å²) in [5.41, 5.74) is 6.17. The number of hydrogen-bond acceptors (Lipinski definition) is 8. The molecule has 2 atom stereocenters. The predicted molar refractivity (Wildman–Crippen MR) is 114 cm³/mol. The normalized spacial score (nSPS) is 21.3. The Morgan fingerprint density at radius 1 is 1.20 bits per heavy atom. The zero-order valence-corrected chi connectivity index (χ0v) is 17.9. The predicted octanol–water partition coefficient (Wildman–Crippen LogP) is 2.89. The molecule has 8 nitrogen and oxygen atoms in total. The van der Waals surface area contributed by atoms with Crippen LogP contribution in [0.5, 0.6) is 10.9 Å². The van der Waals surface area contributed by atoms with Crippen molar-refractivity contribution in [1.29, 1.82) is 0 Å². The van der Waals surface area contributed by atoms with Crippen molar-refractivity contribution >= 4 is 27.7 Å². The fourth-order valence-electron chi connectivity index (χ4n) is 4.36. The number of nitrogens with zero attached hydrogens (tertiary/aromatic N) is 5. The van der Waals surface area contributed by atoms with Gasteiger partial charge in [0.2, 0.25) is 5.91 Å². The smallest absolute Gasteiger partial charge is 0.282 e. The van der Waals surface area contributed by atoms with Crippen LogP contribution in [0.25, 0.3) is 10.5 Å². The van der Waals surface area contributed by atoms with Crippen molar-refractivity contribution < 1.29 is 9.53 Å². The van der Waals surface area contributed by atoms with Gasteiger partial charge in [-0.15, -0.1) is 0 Å². The Labute approximate surface area is 178 Å². The van der Waals surface area contributed by atoms with Crippen molar-refractivity contribution in [3.05, 3.63) is 41.7 Å². The summed E-state index contributed by atoms with van der Waals surface area (Å²) in [6.07, 6.45) is 3.91. The van der Waals surface area contributed by atoms with Crippen LogP contribution >= 0.6 is 11.3 Å². The highest BCUT2D eigenvalue weighted by molar-refractivity contribution is 7.19. The fourth-order valence-corrected chi connectivity index (χ4v) is 5.17. The van der Waals surface area contributed by atoms with Gasteiger partial charge in [0.15, 0.2) is 10.5 Å². The average Bonchev–Trinajstić information content (AvgIpc) is 3.24. The van der Waals surface area contributed by atoms with Crippen molar-refractivity contribution in [2.24, 2.45) is 0 Å². The van der Waals surface area contributed by atoms with E-state index in [1.54, 1.807) is 13.1 Å². The number of aryl methyl sites for hydroxylation is 1. The number of rotatable bonds is 5. The number of carbonyl (C=O) groups is 1. The minimum atomic E-state index is 0.201. The Morgan fingerprint density at radius 3 is 2.63 bits per heavy atom. The Morgan fingerprint density at radius 2 is 1.93 bits per heavy atom. The van der Waals surface area contributed by atoms with Gasteiger partial charge in [-0.2, -0.15) is 4.98 Å². The summed E-state index contributed by atoms with van der Waals surface area (Å²) in [4.78, 5) is 27.8. The van der Waals surface area contributed by atoms with Gasteiger partial charge in [0.1, 0.15) is 5.75 Å². The first-order chi connectivity index (χ1) is 14.5. The van der Waals surface area contributed by atoms with Gasteiger partial charge in [-0.05, 0) is 37.5 Å². The van der Waals surface area contributed by atoms with Gasteiger partial charge in [-0.3, -0.25) is 10.2 Å². The first-order valence-corrected chi connectivity index (χ1v) is 11.0. The molecule has 0 radical (unpaired) electrons. The van der Waals surface area contributed by atoms with Crippen LogP contribution < -0.4 is 10.2 Å². The molecule has 30 heavy (non-hydrogen) atoms. The maximum absolute atomic E-state index is 11.8. The Balaban J connectivity index is 1.17. The number of fused-ring (bicyclic) bond motifs is 3. The second kappa shape index (κ2) is 7.90. The number of thiazole rings is 1. The summed E-state index contributed by atoms with van der Waals surface area (Å²) >= 11 is 1.39. The number of aromatic nitrogens is 3. The van der Waals surface area contributed by atoms with E-state index in [0.29, 0.717) is 22.9 Å². The zero-order valence-electron chi connectivity index (χ0n) is 17.0. The molecule has 2 fully saturated rings. The van der Waals surface area contributed by atoms with Crippen LogP contribution in [0.3, 0.4) is 0 Å². The molecule has 2 saturated heterocycles. The first kappa shape index (κ1) is 19.3. The highest BCUT2D eigenvalue weighted by Gasteiger charge is 2.41. The number of nitrogens with one attached hydrogen (secondary N) is 1. The lowest BCUT2D eigenvalue weighted by Gasteiger charge is -2.40. The van der Waals surface area contributed by atoms with Crippen LogP contribution in [0, 0.1) is 6.92 Å². The van der Waals surface area contributed by atoms with E-state index in [9.17, 15) is 4.79 Å². The molecule has 5 rings (SSSR count). The second-order valence-electron chi connectivity index (χ2n) is 7.92. The Bertz CT molecular complexity index is 1060. The highest BCUT2D eigenvalue weighted by Crippen LogP contribution is 2.30. The molecule has 0 aliphatic carbocycles. The number of hydrogen-bond donors (Lipinski definition) is 1. The third-order valence-corrected chi connectivity index (χ3v) is 6.52.